The number of nitrogens with one attached hydrogen (secondary N) is 1. The second-order valence-electron chi connectivity index (χ2n) is 7.76. The Morgan fingerprint density at radius 1 is 1.12 bits per heavy atom. The smallest absolute Gasteiger partial charge is 0.269 e. The van der Waals surface area contributed by atoms with Crippen LogP contribution >= 0.6 is 11.3 Å². The summed E-state index contributed by atoms with van der Waals surface area (Å²) < 4.78 is 29.3. The quantitative estimate of drug-likeness (QED) is 0.455. The van der Waals surface area contributed by atoms with Gasteiger partial charge in [0.15, 0.2) is 16.4 Å². The van der Waals surface area contributed by atoms with E-state index in [0.717, 1.165) is 42.1 Å². The second kappa shape index (κ2) is 11.2. The van der Waals surface area contributed by atoms with E-state index >= 15 is 0 Å². The monoisotopic (exact) mass is 458 g/mol. The standard InChI is InChI=1S/C24H28F2N4OS/c1-16-11-17(2)13-19(12-16)29-24-30(10-5-3-4-9-27)21(15-32-24)23(31)28-14-18-7-6-8-20(25)22(18)26/h6-8,11-13,15H,3-5,9-10,14,27H2,1-2H3,(H,28,31)/b29-24-. The number of halogens is 2. The van der Waals surface area contributed by atoms with Gasteiger partial charge >= 0.3 is 0 Å². The normalized spacial score (nSPS) is 11.7. The van der Waals surface area contributed by atoms with Crippen LogP contribution in [-0.2, 0) is 13.1 Å². The first-order valence-corrected chi connectivity index (χ1v) is 11.5. The predicted octanol–water partition coefficient (Wildman–Crippen LogP) is 4.74. The van der Waals surface area contributed by atoms with Crippen molar-refractivity contribution in [3.63, 3.8) is 0 Å². The lowest BCUT2D eigenvalue weighted by molar-refractivity contribution is 0.0940. The number of aryl methyl sites for hydroxylation is 2. The van der Waals surface area contributed by atoms with E-state index < -0.39 is 11.6 Å². The number of nitrogens with two attached hydrogens (primary N) is 1. The first kappa shape index (κ1) is 23.8. The lowest BCUT2D eigenvalue weighted by atomic mass is 10.1. The van der Waals surface area contributed by atoms with Crippen LogP contribution < -0.4 is 15.9 Å². The van der Waals surface area contributed by atoms with Crippen LogP contribution in [-0.4, -0.2) is 17.0 Å². The molecule has 5 nitrogen and oxygen atoms in total. The molecule has 0 aliphatic rings. The predicted molar refractivity (Wildman–Crippen MR) is 124 cm³/mol. The molecule has 0 unspecified atom stereocenters. The lowest BCUT2D eigenvalue weighted by Crippen LogP contribution is -2.29. The van der Waals surface area contributed by atoms with Crippen LogP contribution in [0.1, 0.15) is 46.4 Å². The van der Waals surface area contributed by atoms with Gasteiger partial charge in [-0.15, -0.1) is 11.3 Å². The fourth-order valence-corrected chi connectivity index (χ4v) is 4.41. The Labute approximate surface area is 190 Å². The van der Waals surface area contributed by atoms with Gasteiger partial charge in [-0.3, -0.25) is 4.79 Å². The molecule has 0 spiro atoms. The number of rotatable bonds is 9. The highest BCUT2D eigenvalue weighted by molar-refractivity contribution is 7.07. The fourth-order valence-electron chi connectivity index (χ4n) is 3.49. The number of benzene rings is 2. The van der Waals surface area contributed by atoms with Crippen molar-refractivity contribution >= 4 is 22.9 Å². The Bertz CT molecular complexity index is 1130. The summed E-state index contributed by atoms with van der Waals surface area (Å²) in [5.74, 6) is -2.24. The highest BCUT2D eigenvalue weighted by Crippen LogP contribution is 2.17. The third kappa shape index (κ3) is 6.11. The first-order chi connectivity index (χ1) is 15.4. The van der Waals surface area contributed by atoms with Gasteiger partial charge in [-0.2, -0.15) is 0 Å². The number of aromatic nitrogens is 1. The Balaban J connectivity index is 1.87. The number of carbonyl (C=O) groups is 1. The minimum absolute atomic E-state index is 0.100. The van der Waals surface area contributed by atoms with Crippen LogP contribution in [0.2, 0.25) is 0 Å². The zero-order chi connectivity index (χ0) is 23.1. The third-order valence-corrected chi connectivity index (χ3v) is 5.88. The van der Waals surface area contributed by atoms with Crippen LogP contribution in [0, 0.1) is 25.5 Å². The molecule has 3 aromatic rings. The van der Waals surface area contributed by atoms with Crippen LogP contribution in [0.5, 0.6) is 0 Å². The molecule has 0 saturated heterocycles. The van der Waals surface area contributed by atoms with Crippen molar-refractivity contribution in [2.24, 2.45) is 10.7 Å². The zero-order valence-corrected chi connectivity index (χ0v) is 19.1. The summed E-state index contributed by atoms with van der Waals surface area (Å²) in [6, 6.07) is 10.0. The maximum absolute atomic E-state index is 13.9. The Morgan fingerprint density at radius 2 is 1.88 bits per heavy atom. The van der Waals surface area contributed by atoms with Gasteiger partial charge in [0, 0.05) is 24.0 Å². The molecular weight excluding hydrogens is 430 g/mol. The summed E-state index contributed by atoms with van der Waals surface area (Å²) in [6.45, 7) is 5.18. The fraction of sp³-hybridized carbons (Fsp3) is 0.333. The summed E-state index contributed by atoms with van der Waals surface area (Å²) in [4.78, 5) is 18.4. The van der Waals surface area contributed by atoms with E-state index in [0.29, 0.717) is 23.6 Å². The molecule has 170 valence electrons. The van der Waals surface area contributed by atoms with Crippen LogP contribution in [0.15, 0.2) is 46.8 Å². The topological polar surface area (TPSA) is 72.4 Å². The van der Waals surface area contributed by atoms with Gasteiger partial charge in [-0.05, 0) is 62.6 Å². The molecule has 3 N–H and O–H groups in total. The largest absolute Gasteiger partial charge is 0.347 e. The zero-order valence-electron chi connectivity index (χ0n) is 18.3. The van der Waals surface area contributed by atoms with Gasteiger partial charge in [0.1, 0.15) is 5.69 Å². The third-order valence-electron chi connectivity index (χ3n) is 5.02. The number of thiazole rings is 1. The maximum atomic E-state index is 13.9. The number of amides is 1. The van der Waals surface area contributed by atoms with Crippen LogP contribution in [0.3, 0.4) is 0 Å². The minimum atomic E-state index is -0.946. The van der Waals surface area contributed by atoms with Gasteiger partial charge in [-0.25, -0.2) is 13.8 Å². The van der Waals surface area contributed by atoms with E-state index in [9.17, 15) is 13.6 Å². The van der Waals surface area contributed by atoms with Gasteiger partial charge in [0.25, 0.3) is 5.91 Å². The van der Waals surface area contributed by atoms with E-state index in [2.05, 4.69) is 11.4 Å². The lowest BCUT2D eigenvalue weighted by Gasteiger charge is -2.10. The van der Waals surface area contributed by atoms with E-state index in [1.807, 2.05) is 30.5 Å². The van der Waals surface area contributed by atoms with Crippen LogP contribution in [0.25, 0.3) is 0 Å². The summed E-state index contributed by atoms with van der Waals surface area (Å²) in [7, 11) is 0. The molecule has 0 radical (unpaired) electrons. The number of unbranched alkanes of at least 4 members (excludes halogenated alkanes) is 2. The molecule has 8 heteroatoms. The number of nitrogens with zero attached hydrogens (tertiary/aromatic N) is 2. The van der Waals surface area contributed by atoms with Gasteiger partial charge < -0.3 is 15.6 Å². The van der Waals surface area contributed by atoms with Gasteiger partial charge in [-0.1, -0.05) is 24.6 Å². The molecule has 32 heavy (non-hydrogen) atoms. The van der Waals surface area contributed by atoms with E-state index in [-0.39, 0.29) is 18.0 Å². The molecule has 1 aromatic heterocycles. The summed E-state index contributed by atoms with van der Waals surface area (Å²) >= 11 is 1.38. The number of hydrogen-bond acceptors (Lipinski definition) is 4. The molecule has 0 aliphatic heterocycles. The Kier molecular flexibility index (Phi) is 8.30. The Hall–Kier alpha value is -2.84. The average Bonchev–Trinajstić information content (AvgIpc) is 3.13. The van der Waals surface area contributed by atoms with Crippen molar-refractivity contribution in [3.8, 4) is 0 Å². The van der Waals surface area contributed by atoms with Gasteiger partial charge in [0.2, 0.25) is 0 Å². The highest BCUT2D eigenvalue weighted by atomic mass is 32.1. The number of carbonyl (C=O) groups excluding carboxylic acids is 1. The maximum Gasteiger partial charge on any atom is 0.269 e. The molecule has 3 rings (SSSR count). The molecule has 0 fully saturated rings. The highest BCUT2D eigenvalue weighted by Gasteiger charge is 2.15. The second-order valence-corrected chi connectivity index (χ2v) is 8.59. The van der Waals surface area contributed by atoms with E-state index in [4.69, 9.17) is 10.7 Å². The molecule has 0 aliphatic carbocycles. The van der Waals surface area contributed by atoms with Crippen molar-refractivity contribution in [1.29, 1.82) is 0 Å². The summed E-state index contributed by atoms with van der Waals surface area (Å²) in [5, 5.41) is 4.45. The molecule has 0 saturated carbocycles. The van der Waals surface area contributed by atoms with Crippen molar-refractivity contribution < 1.29 is 13.6 Å². The summed E-state index contributed by atoms with van der Waals surface area (Å²) in [6.07, 6.45) is 2.71. The van der Waals surface area contributed by atoms with Gasteiger partial charge in [0.05, 0.1) is 5.69 Å². The molecule has 0 atom stereocenters. The van der Waals surface area contributed by atoms with Crippen LogP contribution in [0.4, 0.5) is 14.5 Å². The minimum Gasteiger partial charge on any atom is -0.347 e. The first-order valence-electron chi connectivity index (χ1n) is 10.6. The van der Waals surface area contributed by atoms with Crippen molar-refractivity contribution in [2.75, 3.05) is 6.54 Å². The Morgan fingerprint density at radius 3 is 2.59 bits per heavy atom. The van der Waals surface area contributed by atoms with Crippen molar-refractivity contribution in [3.05, 3.63) is 80.6 Å². The molecular formula is C24H28F2N4OS. The van der Waals surface area contributed by atoms with E-state index in [1.165, 1.54) is 23.5 Å². The molecule has 2 aromatic carbocycles. The SMILES string of the molecule is Cc1cc(C)cc(/N=c2\scc(C(=O)NCc3cccc(F)c3F)n2CCCCCN)c1. The number of hydrogen-bond donors (Lipinski definition) is 2. The molecule has 0 bridgehead atoms. The van der Waals surface area contributed by atoms with E-state index in [1.54, 1.807) is 5.38 Å². The van der Waals surface area contributed by atoms with Crippen molar-refractivity contribution in [1.82, 2.24) is 9.88 Å². The average molecular weight is 459 g/mol. The summed E-state index contributed by atoms with van der Waals surface area (Å²) in [5.41, 5.74) is 9.21. The molecule has 1 heterocycles. The van der Waals surface area contributed by atoms with Crippen molar-refractivity contribution in [2.45, 2.75) is 46.2 Å². The molecule has 1 amide bonds.